The van der Waals surface area contributed by atoms with Crippen LogP contribution in [0.2, 0.25) is 0 Å². The quantitative estimate of drug-likeness (QED) is 0.564. The molecule has 0 aliphatic heterocycles. The molecular weight excluding hydrogens is 144 g/mol. The first kappa shape index (κ1) is 10.6. The molecule has 0 N–H and O–H groups in total. The van der Waals surface area contributed by atoms with Gasteiger partial charge in [0.2, 0.25) is 6.29 Å². The molecule has 0 unspecified atom stereocenters. The zero-order chi connectivity index (χ0) is 8.91. The van der Waals surface area contributed by atoms with Crippen molar-refractivity contribution in [2.75, 3.05) is 14.2 Å². The van der Waals surface area contributed by atoms with Crippen molar-refractivity contribution < 1.29 is 14.3 Å². The van der Waals surface area contributed by atoms with Crippen LogP contribution in [0.3, 0.4) is 0 Å². The minimum absolute atomic E-state index is 0.313. The summed E-state index contributed by atoms with van der Waals surface area (Å²) in [5.41, 5.74) is -0.489. The SMILES string of the molecule is COC(CC(C)(C)[C]=O)OC. The first-order valence-corrected chi connectivity index (χ1v) is 3.50. The highest BCUT2D eigenvalue weighted by atomic mass is 16.7. The Morgan fingerprint density at radius 2 is 1.82 bits per heavy atom. The van der Waals surface area contributed by atoms with E-state index in [1.54, 1.807) is 28.1 Å². The van der Waals surface area contributed by atoms with E-state index in [9.17, 15) is 4.79 Å². The van der Waals surface area contributed by atoms with Gasteiger partial charge in [-0.15, -0.1) is 0 Å². The fraction of sp³-hybridized carbons (Fsp3) is 0.875. The Kier molecular flexibility index (Phi) is 4.30. The summed E-state index contributed by atoms with van der Waals surface area (Å²) >= 11 is 0. The molecule has 0 spiro atoms. The monoisotopic (exact) mass is 159 g/mol. The van der Waals surface area contributed by atoms with Crippen LogP contribution in [0.1, 0.15) is 20.3 Å². The largest absolute Gasteiger partial charge is 0.356 e. The van der Waals surface area contributed by atoms with E-state index in [0.29, 0.717) is 6.42 Å². The lowest BCUT2D eigenvalue weighted by atomic mass is 9.91. The van der Waals surface area contributed by atoms with Crippen LogP contribution in [0, 0.1) is 5.41 Å². The minimum Gasteiger partial charge on any atom is -0.356 e. The molecule has 0 saturated carbocycles. The number of carbonyl (C=O) groups excluding carboxylic acids is 1. The van der Waals surface area contributed by atoms with Gasteiger partial charge in [-0.1, -0.05) is 13.8 Å². The van der Waals surface area contributed by atoms with Gasteiger partial charge in [0.1, 0.15) is 0 Å². The molecule has 3 nitrogen and oxygen atoms in total. The van der Waals surface area contributed by atoms with Gasteiger partial charge in [0.05, 0.1) is 0 Å². The maximum atomic E-state index is 10.4. The Balaban J connectivity index is 3.88. The summed E-state index contributed by atoms with van der Waals surface area (Å²) in [6.45, 7) is 3.59. The van der Waals surface area contributed by atoms with Gasteiger partial charge in [-0.3, -0.25) is 4.79 Å². The maximum Gasteiger partial charge on any atom is 0.204 e. The molecule has 0 aromatic rings. The van der Waals surface area contributed by atoms with Gasteiger partial charge < -0.3 is 9.47 Å². The lowest BCUT2D eigenvalue weighted by Crippen LogP contribution is -2.24. The van der Waals surface area contributed by atoms with Gasteiger partial charge in [-0.05, 0) is 0 Å². The standard InChI is InChI=1S/C8H15O3/c1-8(2,6-9)5-7(10-3)11-4/h7H,5H2,1-4H3. The predicted molar refractivity (Wildman–Crippen MR) is 41.9 cm³/mol. The van der Waals surface area contributed by atoms with Gasteiger partial charge in [-0.2, -0.15) is 0 Å². The topological polar surface area (TPSA) is 35.5 Å². The van der Waals surface area contributed by atoms with Gasteiger partial charge in [0, 0.05) is 26.1 Å². The number of hydrogen-bond donors (Lipinski definition) is 0. The third kappa shape index (κ3) is 4.11. The van der Waals surface area contributed by atoms with Crippen molar-refractivity contribution in [1.82, 2.24) is 0 Å². The lowest BCUT2D eigenvalue weighted by Gasteiger charge is -2.21. The Labute approximate surface area is 67.7 Å². The van der Waals surface area contributed by atoms with Crippen molar-refractivity contribution >= 4 is 6.29 Å². The summed E-state index contributed by atoms with van der Waals surface area (Å²) in [5.74, 6) is 0. The van der Waals surface area contributed by atoms with E-state index in [4.69, 9.17) is 9.47 Å². The van der Waals surface area contributed by atoms with Crippen LogP contribution >= 0.6 is 0 Å². The van der Waals surface area contributed by atoms with E-state index in [1.807, 2.05) is 6.29 Å². The molecule has 0 atom stereocenters. The summed E-state index contributed by atoms with van der Waals surface area (Å²) in [7, 11) is 3.10. The average molecular weight is 159 g/mol. The Bertz CT molecular complexity index is 117. The smallest absolute Gasteiger partial charge is 0.204 e. The normalized spacial score (nSPS) is 12.1. The molecule has 0 fully saturated rings. The molecule has 65 valence electrons. The third-order valence-electron chi connectivity index (χ3n) is 1.48. The Morgan fingerprint density at radius 3 is 2.09 bits per heavy atom. The summed E-state index contributed by atoms with van der Waals surface area (Å²) in [4.78, 5) is 10.4. The molecule has 0 aliphatic rings. The van der Waals surface area contributed by atoms with Crippen LogP contribution < -0.4 is 0 Å². The fourth-order valence-electron chi connectivity index (χ4n) is 0.721. The molecule has 3 heteroatoms. The second-order valence-corrected chi connectivity index (χ2v) is 3.09. The van der Waals surface area contributed by atoms with Crippen molar-refractivity contribution in [3.05, 3.63) is 0 Å². The highest BCUT2D eigenvalue weighted by Crippen LogP contribution is 2.20. The number of ether oxygens (including phenoxy) is 2. The fourth-order valence-corrected chi connectivity index (χ4v) is 0.721. The third-order valence-corrected chi connectivity index (χ3v) is 1.48. The Hall–Kier alpha value is -0.410. The van der Waals surface area contributed by atoms with Crippen LogP contribution in [0.25, 0.3) is 0 Å². The molecule has 1 radical (unpaired) electrons. The number of rotatable bonds is 5. The van der Waals surface area contributed by atoms with E-state index in [-0.39, 0.29) is 6.29 Å². The van der Waals surface area contributed by atoms with Crippen LogP contribution in [0.15, 0.2) is 0 Å². The molecular formula is C8H15O3. The van der Waals surface area contributed by atoms with Crippen LogP contribution in [0.5, 0.6) is 0 Å². The summed E-state index contributed by atoms with van der Waals surface area (Å²) < 4.78 is 9.87. The summed E-state index contributed by atoms with van der Waals surface area (Å²) in [5, 5.41) is 0. The van der Waals surface area contributed by atoms with E-state index >= 15 is 0 Å². The molecule has 0 aliphatic carbocycles. The molecule has 11 heavy (non-hydrogen) atoms. The lowest BCUT2D eigenvalue weighted by molar-refractivity contribution is -0.116. The van der Waals surface area contributed by atoms with Crippen LogP contribution in [0.4, 0.5) is 0 Å². The van der Waals surface area contributed by atoms with Crippen molar-refractivity contribution in [1.29, 1.82) is 0 Å². The molecule has 0 bridgehead atoms. The first-order valence-electron chi connectivity index (χ1n) is 3.50. The summed E-state index contributed by atoms with van der Waals surface area (Å²) in [6, 6.07) is 0. The van der Waals surface area contributed by atoms with Crippen molar-refractivity contribution in [2.45, 2.75) is 26.6 Å². The number of methoxy groups -OCH3 is 2. The molecule has 0 amide bonds. The Morgan fingerprint density at radius 1 is 1.36 bits per heavy atom. The van der Waals surface area contributed by atoms with Crippen molar-refractivity contribution in [2.24, 2.45) is 5.41 Å². The zero-order valence-electron chi connectivity index (χ0n) is 7.51. The molecule has 0 rings (SSSR count). The van der Waals surface area contributed by atoms with E-state index < -0.39 is 5.41 Å². The molecule has 0 saturated heterocycles. The highest BCUT2D eigenvalue weighted by molar-refractivity contribution is 5.58. The van der Waals surface area contributed by atoms with Crippen molar-refractivity contribution in [3.63, 3.8) is 0 Å². The molecule has 0 heterocycles. The van der Waals surface area contributed by atoms with E-state index in [1.165, 1.54) is 0 Å². The van der Waals surface area contributed by atoms with Gasteiger partial charge in [-0.25, -0.2) is 0 Å². The van der Waals surface area contributed by atoms with Gasteiger partial charge in [0.15, 0.2) is 6.29 Å². The van der Waals surface area contributed by atoms with Gasteiger partial charge >= 0.3 is 0 Å². The van der Waals surface area contributed by atoms with Crippen LogP contribution in [-0.2, 0) is 14.3 Å². The van der Waals surface area contributed by atoms with E-state index in [0.717, 1.165) is 0 Å². The first-order chi connectivity index (χ1) is 5.05. The molecule has 0 aromatic heterocycles. The zero-order valence-corrected chi connectivity index (χ0v) is 7.51. The van der Waals surface area contributed by atoms with Crippen LogP contribution in [-0.4, -0.2) is 26.8 Å². The average Bonchev–Trinajstić information content (AvgIpc) is 2.00. The minimum atomic E-state index is -0.489. The van der Waals surface area contributed by atoms with E-state index in [2.05, 4.69) is 0 Å². The predicted octanol–water partition coefficient (Wildman–Crippen LogP) is 1.13. The second-order valence-electron chi connectivity index (χ2n) is 3.09. The molecule has 0 aromatic carbocycles. The second kappa shape index (κ2) is 4.46. The number of hydrogen-bond acceptors (Lipinski definition) is 3. The highest BCUT2D eigenvalue weighted by Gasteiger charge is 2.23. The van der Waals surface area contributed by atoms with Crippen molar-refractivity contribution in [3.8, 4) is 0 Å². The van der Waals surface area contributed by atoms with Gasteiger partial charge in [0.25, 0.3) is 0 Å². The summed E-state index contributed by atoms with van der Waals surface area (Å²) in [6.07, 6.45) is 2.15. The maximum absolute atomic E-state index is 10.4.